The van der Waals surface area contributed by atoms with Gasteiger partial charge in [-0.3, -0.25) is 0 Å². The first-order chi connectivity index (χ1) is 7.18. The van der Waals surface area contributed by atoms with Gasteiger partial charge in [0.1, 0.15) is 5.82 Å². The van der Waals surface area contributed by atoms with Gasteiger partial charge in [-0.1, -0.05) is 56.7 Å². The van der Waals surface area contributed by atoms with Crippen molar-refractivity contribution in [3.05, 3.63) is 35.6 Å². The predicted molar refractivity (Wildman–Crippen MR) is 63.4 cm³/mol. The molecule has 1 saturated carbocycles. The van der Waals surface area contributed by atoms with E-state index < -0.39 is 0 Å². The summed E-state index contributed by atoms with van der Waals surface area (Å²) >= 11 is 0. The summed E-state index contributed by atoms with van der Waals surface area (Å²) in [6.07, 6.45) is 7.44. The minimum atomic E-state index is -0.171. The first kappa shape index (κ1) is 12.2. The Morgan fingerprint density at radius 3 is 1.87 bits per heavy atom. The van der Waals surface area contributed by atoms with Crippen molar-refractivity contribution in [2.75, 3.05) is 0 Å². The molecule has 0 spiro atoms. The summed E-state index contributed by atoms with van der Waals surface area (Å²) in [4.78, 5) is 0. The van der Waals surface area contributed by atoms with Crippen LogP contribution in [0.4, 0.5) is 4.39 Å². The van der Waals surface area contributed by atoms with Crippen molar-refractivity contribution in [3.63, 3.8) is 0 Å². The molecule has 1 aromatic carbocycles. The van der Waals surface area contributed by atoms with Crippen LogP contribution in [-0.2, 0) is 0 Å². The van der Waals surface area contributed by atoms with Crippen molar-refractivity contribution < 1.29 is 4.39 Å². The Hall–Kier alpha value is -0.850. The Bertz CT molecular complexity index is 236. The van der Waals surface area contributed by atoms with E-state index in [1.807, 2.05) is 6.92 Å². The van der Waals surface area contributed by atoms with Crippen molar-refractivity contribution in [3.8, 4) is 0 Å². The zero-order chi connectivity index (χ0) is 11.1. The molecule has 0 bridgehead atoms. The van der Waals surface area contributed by atoms with E-state index in [4.69, 9.17) is 0 Å². The van der Waals surface area contributed by atoms with Crippen LogP contribution in [-0.4, -0.2) is 0 Å². The largest absolute Gasteiger partial charge is 0.207 e. The second kappa shape index (κ2) is 6.60. The SMILES string of the molecule is CC1CCCCC1.Cc1ccc(F)cc1. The molecule has 1 fully saturated rings. The Labute approximate surface area is 92.5 Å². The van der Waals surface area contributed by atoms with Crippen LogP contribution < -0.4 is 0 Å². The molecule has 1 aliphatic rings. The van der Waals surface area contributed by atoms with Gasteiger partial charge in [-0.25, -0.2) is 4.39 Å². The highest BCUT2D eigenvalue weighted by Gasteiger charge is 2.05. The molecule has 0 radical (unpaired) electrons. The van der Waals surface area contributed by atoms with Crippen LogP contribution in [0.15, 0.2) is 24.3 Å². The molecule has 0 N–H and O–H groups in total. The average Bonchev–Trinajstić information content (AvgIpc) is 2.25. The van der Waals surface area contributed by atoms with Crippen molar-refractivity contribution >= 4 is 0 Å². The maximum Gasteiger partial charge on any atom is 0.123 e. The van der Waals surface area contributed by atoms with Crippen LogP contribution >= 0.6 is 0 Å². The molecule has 0 saturated heterocycles. The monoisotopic (exact) mass is 208 g/mol. The summed E-state index contributed by atoms with van der Waals surface area (Å²) in [6.45, 7) is 4.29. The number of aryl methyl sites for hydroxylation is 1. The summed E-state index contributed by atoms with van der Waals surface area (Å²) in [5.74, 6) is 0.865. The van der Waals surface area contributed by atoms with E-state index >= 15 is 0 Å². The van der Waals surface area contributed by atoms with E-state index in [2.05, 4.69) is 6.92 Å². The second-order valence-electron chi connectivity index (χ2n) is 4.54. The highest BCUT2D eigenvalue weighted by Crippen LogP contribution is 2.22. The normalized spacial score (nSPS) is 16.7. The molecular formula is C14H21F. The zero-order valence-electron chi connectivity index (χ0n) is 9.80. The molecule has 84 valence electrons. The third-order valence-corrected chi connectivity index (χ3v) is 2.90. The third-order valence-electron chi connectivity index (χ3n) is 2.90. The lowest BCUT2D eigenvalue weighted by Gasteiger charge is -2.15. The molecule has 15 heavy (non-hydrogen) atoms. The fourth-order valence-electron chi connectivity index (χ4n) is 1.84. The van der Waals surface area contributed by atoms with Crippen LogP contribution in [0.25, 0.3) is 0 Å². The Balaban J connectivity index is 0.000000151. The summed E-state index contributed by atoms with van der Waals surface area (Å²) < 4.78 is 12.1. The van der Waals surface area contributed by atoms with E-state index in [1.54, 1.807) is 12.1 Å². The van der Waals surface area contributed by atoms with Gasteiger partial charge in [0.15, 0.2) is 0 Å². The number of hydrogen-bond donors (Lipinski definition) is 0. The molecule has 2 rings (SSSR count). The minimum Gasteiger partial charge on any atom is -0.207 e. The smallest absolute Gasteiger partial charge is 0.123 e. The number of halogens is 1. The number of hydrogen-bond acceptors (Lipinski definition) is 0. The Morgan fingerprint density at radius 1 is 1.00 bits per heavy atom. The van der Waals surface area contributed by atoms with Crippen LogP contribution in [0.3, 0.4) is 0 Å². The molecule has 0 nitrogen and oxygen atoms in total. The lowest BCUT2D eigenvalue weighted by Crippen LogP contribution is -1.99. The molecule has 0 aliphatic heterocycles. The van der Waals surface area contributed by atoms with E-state index in [-0.39, 0.29) is 5.82 Å². The van der Waals surface area contributed by atoms with Gasteiger partial charge in [0.05, 0.1) is 0 Å². The fraction of sp³-hybridized carbons (Fsp3) is 0.571. The first-order valence-electron chi connectivity index (χ1n) is 5.90. The topological polar surface area (TPSA) is 0 Å². The van der Waals surface area contributed by atoms with Crippen molar-refractivity contribution in [2.24, 2.45) is 5.92 Å². The summed E-state index contributed by atoms with van der Waals surface area (Å²) in [5.41, 5.74) is 1.09. The molecule has 0 atom stereocenters. The highest BCUT2D eigenvalue weighted by atomic mass is 19.1. The third kappa shape index (κ3) is 5.56. The van der Waals surface area contributed by atoms with E-state index in [1.165, 1.54) is 44.2 Å². The fourth-order valence-corrected chi connectivity index (χ4v) is 1.84. The summed E-state index contributed by atoms with van der Waals surface area (Å²) in [5, 5.41) is 0. The molecule has 0 unspecified atom stereocenters. The van der Waals surface area contributed by atoms with E-state index in [9.17, 15) is 4.39 Å². The van der Waals surface area contributed by atoms with Crippen molar-refractivity contribution in [2.45, 2.75) is 46.0 Å². The Morgan fingerprint density at radius 2 is 1.53 bits per heavy atom. The van der Waals surface area contributed by atoms with Gasteiger partial charge in [0.25, 0.3) is 0 Å². The number of benzene rings is 1. The molecule has 0 amide bonds. The van der Waals surface area contributed by atoms with Gasteiger partial charge in [-0.15, -0.1) is 0 Å². The molecule has 1 aliphatic carbocycles. The molecular weight excluding hydrogens is 187 g/mol. The van der Waals surface area contributed by atoms with Gasteiger partial charge in [0.2, 0.25) is 0 Å². The first-order valence-corrected chi connectivity index (χ1v) is 5.90. The quantitative estimate of drug-likeness (QED) is 0.578. The molecule has 0 aromatic heterocycles. The molecule has 1 heteroatoms. The second-order valence-corrected chi connectivity index (χ2v) is 4.54. The molecule has 0 heterocycles. The summed E-state index contributed by atoms with van der Waals surface area (Å²) in [7, 11) is 0. The predicted octanol–water partition coefficient (Wildman–Crippen LogP) is 4.72. The lowest BCUT2D eigenvalue weighted by atomic mass is 9.91. The Kier molecular flexibility index (Phi) is 5.38. The van der Waals surface area contributed by atoms with E-state index in [0.29, 0.717) is 0 Å². The zero-order valence-corrected chi connectivity index (χ0v) is 9.80. The van der Waals surface area contributed by atoms with Gasteiger partial charge in [-0.2, -0.15) is 0 Å². The van der Waals surface area contributed by atoms with Gasteiger partial charge < -0.3 is 0 Å². The maximum atomic E-state index is 12.1. The van der Waals surface area contributed by atoms with Crippen LogP contribution in [0.5, 0.6) is 0 Å². The van der Waals surface area contributed by atoms with Crippen LogP contribution in [0.1, 0.15) is 44.6 Å². The lowest BCUT2D eigenvalue weighted by molar-refractivity contribution is 0.385. The van der Waals surface area contributed by atoms with Crippen molar-refractivity contribution in [1.82, 2.24) is 0 Å². The van der Waals surface area contributed by atoms with E-state index in [0.717, 1.165) is 11.5 Å². The molecule has 1 aromatic rings. The van der Waals surface area contributed by atoms with Crippen molar-refractivity contribution in [1.29, 1.82) is 0 Å². The highest BCUT2D eigenvalue weighted by molar-refractivity contribution is 5.13. The van der Waals surface area contributed by atoms with Gasteiger partial charge in [-0.05, 0) is 25.0 Å². The van der Waals surface area contributed by atoms with Crippen LogP contribution in [0, 0.1) is 18.7 Å². The standard InChI is InChI=1S/C7H7F.C7H14/c1-6-2-4-7(8)5-3-6;1-7-5-3-2-4-6-7/h2-5H,1H3;7H,2-6H2,1H3. The van der Waals surface area contributed by atoms with Crippen LogP contribution in [0.2, 0.25) is 0 Å². The van der Waals surface area contributed by atoms with Gasteiger partial charge in [0, 0.05) is 0 Å². The average molecular weight is 208 g/mol. The number of rotatable bonds is 0. The van der Waals surface area contributed by atoms with Gasteiger partial charge >= 0.3 is 0 Å². The minimum absolute atomic E-state index is 0.171. The maximum absolute atomic E-state index is 12.1. The summed E-state index contributed by atoms with van der Waals surface area (Å²) in [6, 6.07) is 6.40.